The van der Waals surface area contributed by atoms with Gasteiger partial charge in [0.05, 0.1) is 12.7 Å². The molecule has 0 spiro atoms. The third-order valence-electron chi connectivity index (χ3n) is 4.46. The maximum absolute atomic E-state index is 12.9. The van der Waals surface area contributed by atoms with Crippen molar-refractivity contribution in [3.63, 3.8) is 0 Å². The zero-order valence-electron chi connectivity index (χ0n) is 12.0. The molecule has 20 heavy (non-hydrogen) atoms. The number of likely N-dealkylation sites (N-methyl/N-ethyl adjacent to an activating group) is 1. The Kier molecular flexibility index (Phi) is 4.34. The second kappa shape index (κ2) is 6.20. The van der Waals surface area contributed by atoms with Crippen LogP contribution in [0.4, 0.5) is 4.39 Å². The summed E-state index contributed by atoms with van der Waals surface area (Å²) in [6, 6.07) is 7.52. The van der Waals surface area contributed by atoms with Crippen molar-refractivity contribution in [3.8, 4) is 0 Å². The summed E-state index contributed by atoms with van der Waals surface area (Å²) in [6.45, 7) is 3.82. The zero-order chi connectivity index (χ0) is 13.9. The van der Waals surface area contributed by atoms with E-state index in [2.05, 4.69) is 17.3 Å². The molecule has 4 heteroatoms. The van der Waals surface area contributed by atoms with E-state index in [-0.39, 0.29) is 5.82 Å². The summed E-state index contributed by atoms with van der Waals surface area (Å²) in [6.07, 6.45) is 2.61. The molecule has 0 amide bonds. The first-order chi connectivity index (χ1) is 9.70. The zero-order valence-corrected chi connectivity index (χ0v) is 12.0. The largest absolute Gasteiger partial charge is 0.374 e. The van der Waals surface area contributed by atoms with Crippen LogP contribution in [0.25, 0.3) is 0 Å². The molecule has 3 rings (SSSR count). The summed E-state index contributed by atoms with van der Waals surface area (Å²) in [5, 5.41) is 3.59. The first-order valence-corrected chi connectivity index (χ1v) is 7.49. The molecular formula is C16H23FN2O. The van der Waals surface area contributed by atoms with Gasteiger partial charge in [0.1, 0.15) is 5.82 Å². The molecule has 1 unspecified atom stereocenters. The van der Waals surface area contributed by atoms with E-state index in [1.165, 1.54) is 5.56 Å². The van der Waals surface area contributed by atoms with E-state index in [1.54, 1.807) is 12.1 Å². The molecule has 1 N–H and O–H groups in total. The van der Waals surface area contributed by atoms with E-state index in [0.717, 1.165) is 39.1 Å². The Morgan fingerprint density at radius 2 is 2.05 bits per heavy atom. The van der Waals surface area contributed by atoms with E-state index in [0.29, 0.717) is 18.1 Å². The maximum atomic E-state index is 12.9. The molecule has 1 heterocycles. The van der Waals surface area contributed by atoms with Crippen molar-refractivity contribution in [2.45, 2.75) is 30.9 Å². The number of morpholine rings is 1. The Labute approximate surface area is 120 Å². The van der Waals surface area contributed by atoms with E-state index in [1.807, 2.05) is 12.1 Å². The van der Waals surface area contributed by atoms with Gasteiger partial charge in [0.2, 0.25) is 0 Å². The number of hydrogen-bond donors (Lipinski definition) is 1. The summed E-state index contributed by atoms with van der Waals surface area (Å²) in [5.41, 5.74) is 1.26. The van der Waals surface area contributed by atoms with Crippen LogP contribution in [0.3, 0.4) is 0 Å². The highest BCUT2D eigenvalue weighted by atomic mass is 19.1. The van der Waals surface area contributed by atoms with Gasteiger partial charge in [-0.3, -0.25) is 0 Å². The van der Waals surface area contributed by atoms with Crippen LogP contribution in [-0.2, 0) is 4.74 Å². The van der Waals surface area contributed by atoms with E-state index in [4.69, 9.17) is 4.74 Å². The van der Waals surface area contributed by atoms with Gasteiger partial charge >= 0.3 is 0 Å². The maximum Gasteiger partial charge on any atom is 0.123 e. The van der Waals surface area contributed by atoms with Crippen LogP contribution < -0.4 is 5.32 Å². The van der Waals surface area contributed by atoms with Gasteiger partial charge in [0.25, 0.3) is 0 Å². The Hall–Kier alpha value is -0.970. The molecule has 0 aromatic heterocycles. The van der Waals surface area contributed by atoms with Crippen molar-refractivity contribution in [3.05, 3.63) is 35.6 Å². The highest BCUT2D eigenvalue weighted by Gasteiger charge is 2.30. The normalized spacial score (nSPS) is 31.0. The van der Waals surface area contributed by atoms with Crippen molar-refractivity contribution >= 4 is 0 Å². The van der Waals surface area contributed by atoms with Crippen LogP contribution in [0.2, 0.25) is 0 Å². The number of benzene rings is 1. The third kappa shape index (κ3) is 3.37. The van der Waals surface area contributed by atoms with Crippen LogP contribution in [0, 0.1) is 5.82 Å². The molecule has 110 valence electrons. The predicted molar refractivity (Wildman–Crippen MR) is 77.4 cm³/mol. The minimum absolute atomic E-state index is 0.152. The molecule has 1 aromatic carbocycles. The lowest BCUT2D eigenvalue weighted by molar-refractivity contribution is -0.0207. The monoisotopic (exact) mass is 278 g/mol. The molecule has 1 aromatic rings. The van der Waals surface area contributed by atoms with Gasteiger partial charge in [-0.2, -0.15) is 0 Å². The molecule has 1 atom stereocenters. The second-order valence-corrected chi connectivity index (χ2v) is 6.08. The molecule has 1 aliphatic carbocycles. The van der Waals surface area contributed by atoms with Crippen molar-refractivity contribution in [2.75, 3.05) is 33.3 Å². The Morgan fingerprint density at radius 1 is 1.30 bits per heavy atom. The summed E-state index contributed by atoms with van der Waals surface area (Å²) < 4.78 is 18.6. The first kappa shape index (κ1) is 14.0. The molecule has 0 bridgehead atoms. The molecule has 2 aliphatic rings. The number of hydrogen-bond acceptors (Lipinski definition) is 3. The smallest absolute Gasteiger partial charge is 0.123 e. The lowest BCUT2D eigenvalue weighted by Crippen LogP contribution is -2.49. The standard InChI is InChI=1S/C16H23FN2O/c1-19-6-7-20-16(11-19)10-18-15-8-13(9-15)12-2-4-14(17)5-3-12/h2-5,13,15-16,18H,6-11H2,1H3. The highest BCUT2D eigenvalue weighted by molar-refractivity contribution is 5.23. The molecule has 2 fully saturated rings. The van der Waals surface area contributed by atoms with Gasteiger partial charge in [-0.25, -0.2) is 4.39 Å². The third-order valence-corrected chi connectivity index (χ3v) is 4.46. The Bertz CT molecular complexity index is 431. The number of nitrogens with one attached hydrogen (secondary N) is 1. The fraction of sp³-hybridized carbons (Fsp3) is 0.625. The molecule has 1 aliphatic heterocycles. The minimum atomic E-state index is -0.152. The fourth-order valence-corrected chi connectivity index (χ4v) is 3.08. The van der Waals surface area contributed by atoms with Gasteiger partial charge in [-0.05, 0) is 43.5 Å². The summed E-state index contributed by atoms with van der Waals surface area (Å²) in [5.74, 6) is 0.435. The van der Waals surface area contributed by atoms with E-state index >= 15 is 0 Å². The van der Waals surface area contributed by atoms with Gasteiger partial charge < -0.3 is 15.0 Å². The summed E-state index contributed by atoms with van der Waals surface area (Å²) >= 11 is 0. The fourth-order valence-electron chi connectivity index (χ4n) is 3.08. The average Bonchev–Trinajstić information content (AvgIpc) is 2.39. The van der Waals surface area contributed by atoms with Gasteiger partial charge in [-0.15, -0.1) is 0 Å². The number of nitrogens with zero attached hydrogens (tertiary/aromatic N) is 1. The molecular weight excluding hydrogens is 255 g/mol. The average molecular weight is 278 g/mol. The number of rotatable bonds is 4. The Balaban J connectivity index is 1.39. The predicted octanol–water partition coefficient (Wildman–Crippen LogP) is 1.99. The van der Waals surface area contributed by atoms with Crippen molar-refractivity contribution in [1.82, 2.24) is 10.2 Å². The van der Waals surface area contributed by atoms with E-state index in [9.17, 15) is 4.39 Å². The summed E-state index contributed by atoms with van der Waals surface area (Å²) in [4.78, 5) is 2.32. The summed E-state index contributed by atoms with van der Waals surface area (Å²) in [7, 11) is 2.14. The molecule has 0 radical (unpaired) electrons. The van der Waals surface area contributed by atoms with Crippen LogP contribution in [0.5, 0.6) is 0 Å². The Morgan fingerprint density at radius 3 is 2.75 bits per heavy atom. The lowest BCUT2D eigenvalue weighted by atomic mass is 9.76. The quantitative estimate of drug-likeness (QED) is 0.911. The molecule has 3 nitrogen and oxygen atoms in total. The van der Waals surface area contributed by atoms with Crippen LogP contribution in [-0.4, -0.2) is 50.3 Å². The van der Waals surface area contributed by atoms with Crippen molar-refractivity contribution in [2.24, 2.45) is 0 Å². The van der Waals surface area contributed by atoms with Crippen molar-refractivity contribution in [1.29, 1.82) is 0 Å². The van der Waals surface area contributed by atoms with Crippen molar-refractivity contribution < 1.29 is 9.13 Å². The minimum Gasteiger partial charge on any atom is -0.374 e. The SMILES string of the molecule is CN1CCOC(CNC2CC(c3ccc(F)cc3)C2)C1. The highest BCUT2D eigenvalue weighted by Crippen LogP contribution is 2.36. The van der Waals surface area contributed by atoms with Gasteiger partial charge in [0, 0.05) is 25.7 Å². The lowest BCUT2D eigenvalue weighted by Gasteiger charge is -2.38. The van der Waals surface area contributed by atoms with Gasteiger partial charge in [0.15, 0.2) is 0 Å². The topological polar surface area (TPSA) is 24.5 Å². The van der Waals surface area contributed by atoms with E-state index < -0.39 is 0 Å². The molecule has 1 saturated carbocycles. The van der Waals surface area contributed by atoms with Crippen LogP contribution in [0.1, 0.15) is 24.3 Å². The second-order valence-electron chi connectivity index (χ2n) is 6.08. The van der Waals surface area contributed by atoms with Crippen LogP contribution >= 0.6 is 0 Å². The number of halogens is 1. The number of ether oxygens (including phenoxy) is 1. The first-order valence-electron chi connectivity index (χ1n) is 7.49. The van der Waals surface area contributed by atoms with Crippen LogP contribution in [0.15, 0.2) is 24.3 Å². The molecule has 1 saturated heterocycles. The van der Waals surface area contributed by atoms with Gasteiger partial charge in [-0.1, -0.05) is 12.1 Å².